The van der Waals surface area contributed by atoms with Crippen molar-refractivity contribution in [1.29, 1.82) is 0 Å². The van der Waals surface area contributed by atoms with Gasteiger partial charge in [0.2, 0.25) is 0 Å². The summed E-state index contributed by atoms with van der Waals surface area (Å²) in [7, 11) is 1.47. The molecule has 5 heteroatoms. The van der Waals surface area contributed by atoms with Gasteiger partial charge in [-0.15, -0.1) is 0 Å². The van der Waals surface area contributed by atoms with Crippen molar-refractivity contribution < 1.29 is 14.7 Å². The molecule has 0 aliphatic heterocycles. The fourth-order valence-corrected chi connectivity index (χ4v) is 2.22. The maximum Gasteiger partial charge on any atom is 0.323 e. The van der Waals surface area contributed by atoms with Crippen LogP contribution >= 0.6 is 15.9 Å². The third-order valence-electron chi connectivity index (χ3n) is 2.77. The lowest BCUT2D eigenvalue weighted by molar-refractivity contribution is -0.137. The molecule has 4 nitrogen and oxygen atoms in total. The van der Waals surface area contributed by atoms with E-state index < -0.39 is 5.97 Å². The van der Waals surface area contributed by atoms with Gasteiger partial charge < -0.3 is 10.0 Å². The highest BCUT2D eigenvalue weighted by Crippen LogP contribution is 2.21. The number of benzene rings is 2. The highest BCUT2D eigenvalue weighted by molar-refractivity contribution is 9.10. The minimum absolute atomic E-state index is 0.299. The first-order valence-electron chi connectivity index (χ1n) is 5.64. The minimum Gasteiger partial charge on any atom is -0.480 e. The van der Waals surface area contributed by atoms with Gasteiger partial charge in [0, 0.05) is 17.1 Å². The van der Waals surface area contributed by atoms with E-state index in [-0.39, 0.29) is 12.5 Å². The lowest BCUT2D eigenvalue weighted by Crippen LogP contribution is -2.31. The number of hydrogen-bond acceptors (Lipinski definition) is 2. The summed E-state index contributed by atoms with van der Waals surface area (Å²) in [5, 5.41) is 10.6. The van der Waals surface area contributed by atoms with E-state index in [1.165, 1.54) is 11.9 Å². The van der Waals surface area contributed by atoms with E-state index in [0.29, 0.717) is 5.56 Å². The van der Waals surface area contributed by atoms with Gasteiger partial charge in [-0.2, -0.15) is 0 Å². The Morgan fingerprint density at radius 3 is 2.47 bits per heavy atom. The topological polar surface area (TPSA) is 57.6 Å². The van der Waals surface area contributed by atoms with Crippen LogP contribution in [0, 0.1) is 0 Å². The molecule has 2 aromatic rings. The van der Waals surface area contributed by atoms with Crippen molar-refractivity contribution in [3.8, 4) is 0 Å². The Morgan fingerprint density at radius 1 is 1.16 bits per heavy atom. The van der Waals surface area contributed by atoms with E-state index in [2.05, 4.69) is 15.9 Å². The molecule has 0 aromatic heterocycles. The summed E-state index contributed by atoms with van der Waals surface area (Å²) in [4.78, 5) is 23.8. The Kier molecular flexibility index (Phi) is 3.85. The molecule has 0 bridgehead atoms. The summed E-state index contributed by atoms with van der Waals surface area (Å²) < 4.78 is 0.974. The van der Waals surface area contributed by atoms with Gasteiger partial charge >= 0.3 is 5.97 Å². The van der Waals surface area contributed by atoms with Crippen molar-refractivity contribution in [3.05, 3.63) is 46.4 Å². The third kappa shape index (κ3) is 3.12. The maximum atomic E-state index is 12.0. The lowest BCUT2D eigenvalue weighted by atomic mass is 10.1. The van der Waals surface area contributed by atoms with E-state index in [1.807, 2.05) is 24.3 Å². The number of carbonyl (C=O) groups is 2. The zero-order chi connectivity index (χ0) is 14.0. The Bertz CT molecular complexity index is 654. The molecule has 0 atom stereocenters. The second-order valence-electron chi connectivity index (χ2n) is 4.26. The van der Waals surface area contributed by atoms with E-state index >= 15 is 0 Å². The van der Waals surface area contributed by atoms with Crippen molar-refractivity contribution in [3.63, 3.8) is 0 Å². The van der Waals surface area contributed by atoms with Gasteiger partial charge in [-0.3, -0.25) is 9.59 Å². The normalized spacial score (nSPS) is 10.4. The average Bonchev–Trinajstić information content (AvgIpc) is 2.36. The van der Waals surface area contributed by atoms with E-state index in [0.717, 1.165) is 15.2 Å². The third-order valence-corrected chi connectivity index (χ3v) is 3.26. The number of carboxylic acid groups (broad SMARTS) is 1. The number of carboxylic acids is 1. The summed E-state index contributed by atoms with van der Waals surface area (Å²) in [6.07, 6.45) is 0. The smallest absolute Gasteiger partial charge is 0.323 e. The molecule has 0 saturated carbocycles. The Hall–Kier alpha value is -1.88. The van der Waals surface area contributed by atoms with Gasteiger partial charge in [0.15, 0.2) is 0 Å². The van der Waals surface area contributed by atoms with Gasteiger partial charge in [-0.25, -0.2) is 0 Å². The quantitative estimate of drug-likeness (QED) is 0.945. The maximum absolute atomic E-state index is 12.0. The number of amides is 1. The molecular formula is C14H12BrNO3. The first-order chi connectivity index (χ1) is 8.97. The highest BCUT2D eigenvalue weighted by Gasteiger charge is 2.14. The number of carbonyl (C=O) groups excluding carboxylic acids is 1. The van der Waals surface area contributed by atoms with E-state index in [1.54, 1.807) is 12.1 Å². The molecule has 0 aliphatic rings. The number of fused-ring (bicyclic) bond motifs is 1. The van der Waals surface area contributed by atoms with Gasteiger partial charge in [0.25, 0.3) is 5.91 Å². The second-order valence-corrected chi connectivity index (χ2v) is 5.18. The molecule has 0 saturated heterocycles. The van der Waals surface area contributed by atoms with Gasteiger partial charge in [-0.1, -0.05) is 28.1 Å². The van der Waals surface area contributed by atoms with Gasteiger partial charge in [0.05, 0.1) is 0 Å². The van der Waals surface area contributed by atoms with Crippen molar-refractivity contribution in [2.45, 2.75) is 0 Å². The van der Waals surface area contributed by atoms with Crippen LogP contribution in [0.1, 0.15) is 10.4 Å². The van der Waals surface area contributed by atoms with Crippen LogP contribution in [0.15, 0.2) is 40.9 Å². The molecule has 0 heterocycles. The van der Waals surface area contributed by atoms with Crippen LogP contribution in [0.2, 0.25) is 0 Å². The van der Waals surface area contributed by atoms with Crippen molar-refractivity contribution in [2.24, 2.45) is 0 Å². The zero-order valence-electron chi connectivity index (χ0n) is 10.3. The number of halogens is 1. The van der Waals surface area contributed by atoms with E-state index in [9.17, 15) is 9.59 Å². The molecule has 98 valence electrons. The Labute approximate surface area is 118 Å². The molecule has 1 amide bonds. The predicted molar refractivity (Wildman–Crippen MR) is 76.2 cm³/mol. The molecule has 2 rings (SSSR count). The molecule has 2 aromatic carbocycles. The first kappa shape index (κ1) is 13.5. The number of hydrogen-bond donors (Lipinski definition) is 1. The average molecular weight is 322 g/mol. The second kappa shape index (κ2) is 5.40. The largest absolute Gasteiger partial charge is 0.480 e. The Balaban J connectivity index is 2.33. The summed E-state index contributed by atoms with van der Waals surface area (Å²) in [5.74, 6) is -1.33. The van der Waals surface area contributed by atoms with E-state index in [4.69, 9.17) is 5.11 Å². The molecule has 19 heavy (non-hydrogen) atoms. The van der Waals surface area contributed by atoms with Gasteiger partial charge in [0.1, 0.15) is 6.54 Å². The van der Waals surface area contributed by atoms with Crippen molar-refractivity contribution >= 4 is 38.6 Å². The standard InChI is InChI=1S/C14H12BrNO3/c1-16(8-13(17)18)14(19)11-3-2-10-7-12(15)5-4-9(10)6-11/h2-7H,8H2,1H3,(H,17,18). The highest BCUT2D eigenvalue weighted by atomic mass is 79.9. The fourth-order valence-electron chi connectivity index (χ4n) is 1.84. The number of likely N-dealkylation sites (N-methyl/N-ethyl adjacent to an activating group) is 1. The van der Waals surface area contributed by atoms with Gasteiger partial charge in [-0.05, 0) is 35.0 Å². The van der Waals surface area contributed by atoms with Crippen LogP contribution in [0.5, 0.6) is 0 Å². The van der Waals surface area contributed by atoms with Crippen LogP contribution in [0.3, 0.4) is 0 Å². The van der Waals surface area contributed by atoms with Crippen molar-refractivity contribution in [1.82, 2.24) is 4.90 Å². The number of rotatable bonds is 3. The Morgan fingerprint density at radius 2 is 1.79 bits per heavy atom. The number of aliphatic carboxylic acids is 1. The molecule has 0 spiro atoms. The molecule has 0 fully saturated rings. The number of nitrogens with zero attached hydrogens (tertiary/aromatic N) is 1. The van der Waals surface area contributed by atoms with Crippen LogP contribution in [-0.4, -0.2) is 35.5 Å². The monoisotopic (exact) mass is 321 g/mol. The molecule has 0 aliphatic carbocycles. The molecule has 0 radical (unpaired) electrons. The first-order valence-corrected chi connectivity index (χ1v) is 6.43. The summed E-state index contributed by atoms with van der Waals surface area (Å²) in [6.45, 7) is -0.308. The van der Waals surface area contributed by atoms with Crippen LogP contribution in [0.25, 0.3) is 10.8 Å². The minimum atomic E-state index is -1.03. The molecule has 0 unspecified atom stereocenters. The zero-order valence-corrected chi connectivity index (χ0v) is 11.8. The molecule has 1 N–H and O–H groups in total. The summed E-state index contributed by atoms with van der Waals surface area (Å²) in [5.41, 5.74) is 0.485. The lowest BCUT2D eigenvalue weighted by Gasteiger charge is -2.14. The van der Waals surface area contributed by atoms with Crippen molar-refractivity contribution in [2.75, 3.05) is 13.6 Å². The van der Waals surface area contributed by atoms with Crippen LogP contribution < -0.4 is 0 Å². The fraction of sp³-hybridized carbons (Fsp3) is 0.143. The SMILES string of the molecule is CN(CC(=O)O)C(=O)c1ccc2cc(Br)ccc2c1. The molecular weight excluding hydrogens is 310 g/mol. The summed E-state index contributed by atoms with van der Waals surface area (Å²) in [6, 6.07) is 11.1. The van der Waals surface area contributed by atoms with Crippen LogP contribution in [0.4, 0.5) is 0 Å². The predicted octanol–water partition coefficient (Wildman–Crippen LogP) is 2.76. The van der Waals surface area contributed by atoms with Crippen LogP contribution in [-0.2, 0) is 4.79 Å². The summed E-state index contributed by atoms with van der Waals surface area (Å²) >= 11 is 3.39.